The summed E-state index contributed by atoms with van der Waals surface area (Å²) in [4.78, 5) is 15.0. The molecule has 256 valence electrons. The molecule has 1 heterocycles. The van der Waals surface area contributed by atoms with Crippen LogP contribution in [0, 0.1) is 0 Å². The number of benzene rings is 8. The van der Waals surface area contributed by atoms with E-state index >= 15 is 0 Å². The molecular weight excluding hydrogens is 667 g/mol. The Hall–Kier alpha value is -7.23. The zero-order valence-electron chi connectivity index (χ0n) is 29.9. The monoisotopic (exact) mass is 699 g/mol. The van der Waals surface area contributed by atoms with Gasteiger partial charge in [-0.05, 0) is 72.8 Å². The lowest BCUT2D eigenvalue weighted by Crippen LogP contribution is -2.25. The van der Waals surface area contributed by atoms with Gasteiger partial charge in [0.25, 0.3) is 0 Å². The van der Waals surface area contributed by atoms with Crippen molar-refractivity contribution >= 4 is 0 Å². The fourth-order valence-corrected chi connectivity index (χ4v) is 8.88. The largest absolute Gasteiger partial charge is 0.208 e. The molecule has 3 heteroatoms. The van der Waals surface area contributed by atoms with Crippen LogP contribution in [0.3, 0.4) is 0 Å². The SMILES string of the molecule is c1ccc(-c2ccc(-c3nc(-c4ccccc4)nc(-c4ccc(-c5ccc6c(c5)C5(c7ccccc7-c7ccccc75)c5ccccc5-6)cc4)n3)cc2)cc1. The van der Waals surface area contributed by atoms with Crippen LogP contribution >= 0.6 is 0 Å². The normalized spacial score (nSPS) is 12.9. The molecule has 0 radical (unpaired) electrons. The molecule has 9 aromatic rings. The molecule has 0 aliphatic heterocycles. The zero-order chi connectivity index (χ0) is 36.3. The van der Waals surface area contributed by atoms with Crippen LogP contribution in [0.15, 0.2) is 200 Å². The highest BCUT2D eigenvalue weighted by Crippen LogP contribution is 2.63. The van der Waals surface area contributed by atoms with Gasteiger partial charge in [0, 0.05) is 16.7 Å². The van der Waals surface area contributed by atoms with Gasteiger partial charge in [-0.25, -0.2) is 15.0 Å². The van der Waals surface area contributed by atoms with Crippen molar-refractivity contribution in [1.29, 1.82) is 0 Å². The maximum atomic E-state index is 5.04. The summed E-state index contributed by atoms with van der Waals surface area (Å²) in [5.41, 5.74) is 17.7. The first-order chi connectivity index (χ1) is 27.3. The Balaban J connectivity index is 1.00. The van der Waals surface area contributed by atoms with Crippen molar-refractivity contribution in [1.82, 2.24) is 15.0 Å². The molecule has 55 heavy (non-hydrogen) atoms. The molecule has 0 saturated carbocycles. The topological polar surface area (TPSA) is 38.7 Å². The van der Waals surface area contributed by atoms with Gasteiger partial charge in [-0.1, -0.05) is 194 Å². The molecule has 0 fully saturated rings. The summed E-state index contributed by atoms with van der Waals surface area (Å²) in [7, 11) is 0. The first-order valence-electron chi connectivity index (χ1n) is 18.8. The van der Waals surface area contributed by atoms with Gasteiger partial charge in [0.2, 0.25) is 0 Å². The molecule has 1 aromatic heterocycles. The average Bonchev–Trinajstić information content (AvgIpc) is 3.74. The lowest BCUT2D eigenvalue weighted by Gasteiger charge is -2.30. The van der Waals surface area contributed by atoms with E-state index < -0.39 is 0 Å². The lowest BCUT2D eigenvalue weighted by molar-refractivity contribution is 0.794. The van der Waals surface area contributed by atoms with Crippen LogP contribution in [0.2, 0.25) is 0 Å². The number of fused-ring (bicyclic) bond motifs is 10. The third kappa shape index (κ3) is 4.87. The minimum atomic E-state index is -0.372. The van der Waals surface area contributed by atoms with E-state index in [9.17, 15) is 0 Å². The van der Waals surface area contributed by atoms with Gasteiger partial charge in [-0.15, -0.1) is 0 Å². The van der Waals surface area contributed by atoms with Gasteiger partial charge in [-0.2, -0.15) is 0 Å². The van der Waals surface area contributed by atoms with Crippen molar-refractivity contribution in [2.45, 2.75) is 5.41 Å². The smallest absolute Gasteiger partial charge is 0.164 e. The minimum Gasteiger partial charge on any atom is -0.208 e. The summed E-state index contributed by atoms with van der Waals surface area (Å²) in [5, 5.41) is 0. The highest BCUT2D eigenvalue weighted by atomic mass is 15.0. The number of nitrogens with zero attached hydrogens (tertiary/aromatic N) is 3. The van der Waals surface area contributed by atoms with Crippen LogP contribution in [0.1, 0.15) is 22.3 Å². The van der Waals surface area contributed by atoms with Gasteiger partial charge < -0.3 is 0 Å². The molecule has 0 saturated heterocycles. The molecule has 0 atom stereocenters. The van der Waals surface area contributed by atoms with E-state index in [2.05, 4.69) is 164 Å². The molecule has 0 amide bonds. The molecule has 0 bridgehead atoms. The van der Waals surface area contributed by atoms with Crippen molar-refractivity contribution in [3.8, 4) is 78.7 Å². The molecule has 3 nitrogen and oxygen atoms in total. The van der Waals surface area contributed by atoms with Gasteiger partial charge >= 0.3 is 0 Å². The van der Waals surface area contributed by atoms with E-state index in [4.69, 9.17) is 15.0 Å². The van der Waals surface area contributed by atoms with Crippen LogP contribution in [0.4, 0.5) is 0 Å². The zero-order valence-corrected chi connectivity index (χ0v) is 29.9. The Bertz CT molecular complexity index is 2830. The summed E-state index contributed by atoms with van der Waals surface area (Å²) in [5.74, 6) is 1.94. The van der Waals surface area contributed by atoms with Crippen LogP contribution in [-0.2, 0) is 5.41 Å². The number of hydrogen-bond donors (Lipinski definition) is 0. The van der Waals surface area contributed by atoms with Crippen LogP contribution < -0.4 is 0 Å². The summed E-state index contributed by atoms with van der Waals surface area (Å²) in [6.07, 6.45) is 0. The predicted octanol–water partition coefficient (Wildman–Crippen LogP) is 12.6. The predicted molar refractivity (Wildman–Crippen MR) is 223 cm³/mol. The van der Waals surface area contributed by atoms with Gasteiger partial charge in [0.15, 0.2) is 17.5 Å². The van der Waals surface area contributed by atoms with Crippen molar-refractivity contribution < 1.29 is 0 Å². The fraction of sp³-hybridized carbons (Fsp3) is 0.0192. The molecule has 11 rings (SSSR count). The second kappa shape index (κ2) is 12.4. The van der Waals surface area contributed by atoms with Crippen LogP contribution in [0.25, 0.3) is 78.7 Å². The molecule has 1 spiro atoms. The first-order valence-corrected chi connectivity index (χ1v) is 18.8. The molecular formula is C52H33N3. The molecule has 2 aliphatic carbocycles. The molecule has 8 aromatic carbocycles. The third-order valence-corrected chi connectivity index (χ3v) is 11.4. The van der Waals surface area contributed by atoms with E-state index in [-0.39, 0.29) is 5.41 Å². The third-order valence-electron chi connectivity index (χ3n) is 11.4. The first kappa shape index (κ1) is 31.3. The second-order valence-electron chi connectivity index (χ2n) is 14.3. The highest BCUT2D eigenvalue weighted by Gasteiger charge is 2.51. The van der Waals surface area contributed by atoms with Gasteiger partial charge in [-0.3, -0.25) is 0 Å². The minimum absolute atomic E-state index is 0.372. The van der Waals surface area contributed by atoms with Gasteiger partial charge in [0.05, 0.1) is 5.41 Å². The van der Waals surface area contributed by atoms with E-state index in [1.807, 2.05) is 36.4 Å². The van der Waals surface area contributed by atoms with Crippen LogP contribution in [-0.4, -0.2) is 15.0 Å². The van der Waals surface area contributed by atoms with Crippen molar-refractivity contribution in [3.05, 3.63) is 222 Å². The van der Waals surface area contributed by atoms with Crippen molar-refractivity contribution in [3.63, 3.8) is 0 Å². The fourth-order valence-electron chi connectivity index (χ4n) is 8.88. The Labute approximate surface area is 320 Å². The maximum Gasteiger partial charge on any atom is 0.164 e. The standard InChI is InChI=1S/C52H33N3/c1-3-13-34(14-4-1)35-23-27-38(28-24-35)50-53-49(37-15-5-2-6-16-37)54-51(55-50)39-29-25-36(26-30-39)40-31-32-44-43-19-9-12-22-47(43)52(48(44)33-40)45-20-10-7-17-41(45)42-18-8-11-21-46(42)52/h1-33H. The summed E-state index contributed by atoms with van der Waals surface area (Å²) in [6, 6.07) is 71.6. The maximum absolute atomic E-state index is 5.04. The average molecular weight is 700 g/mol. The van der Waals surface area contributed by atoms with E-state index in [1.54, 1.807) is 0 Å². The highest BCUT2D eigenvalue weighted by molar-refractivity contribution is 5.96. The number of hydrogen-bond acceptors (Lipinski definition) is 3. The molecule has 0 unspecified atom stereocenters. The van der Waals surface area contributed by atoms with Crippen LogP contribution in [0.5, 0.6) is 0 Å². The van der Waals surface area contributed by atoms with Crippen molar-refractivity contribution in [2.75, 3.05) is 0 Å². The number of aromatic nitrogens is 3. The molecule has 0 N–H and O–H groups in total. The summed E-state index contributed by atoms with van der Waals surface area (Å²) >= 11 is 0. The summed E-state index contributed by atoms with van der Waals surface area (Å²) in [6.45, 7) is 0. The summed E-state index contributed by atoms with van der Waals surface area (Å²) < 4.78 is 0. The second-order valence-corrected chi connectivity index (χ2v) is 14.3. The Morgan fingerprint density at radius 2 is 0.545 bits per heavy atom. The Kier molecular flexibility index (Phi) is 7.08. The van der Waals surface area contributed by atoms with Gasteiger partial charge in [0.1, 0.15) is 0 Å². The molecule has 2 aliphatic rings. The number of rotatable bonds is 5. The van der Waals surface area contributed by atoms with E-state index in [0.717, 1.165) is 27.8 Å². The van der Waals surface area contributed by atoms with E-state index in [1.165, 1.54) is 55.6 Å². The quantitative estimate of drug-likeness (QED) is 0.179. The Morgan fingerprint density at radius 3 is 1.02 bits per heavy atom. The lowest BCUT2D eigenvalue weighted by atomic mass is 9.70. The Morgan fingerprint density at radius 1 is 0.236 bits per heavy atom. The van der Waals surface area contributed by atoms with E-state index in [0.29, 0.717) is 17.5 Å². The van der Waals surface area contributed by atoms with Crippen molar-refractivity contribution in [2.24, 2.45) is 0 Å².